The van der Waals surface area contributed by atoms with E-state index >= 15 is 0 Å². The van der Waals surface area contributed by atoms with Gasteiger partial charge in [0.2, 0.25) is 0 Å². The van der Waals surface area contributed by atoms with Crippen molar-refractivity contribution in [1.82, 2.24) is 24.5 Å². The smallest absolute Gasteiger partial charge is 0.162 e. The topological polar surface area (TPSA) is 49.2 Å². The molecule has 0 N–H and O–H groups in total. The Morgan fingerprint density at radius 2 is 1.45 bits per heavy atom. The normalized spacial score (nSPS) is 16.7. The van der Waals surface area contributed by atoms with Crippen LogP contribution < -0.4 is 14.4 Å². The average molecular weight is 636 g/mol. The summed E-state index contributed by atoms with van der Waals surface area (Å²) in [5, 5.41) is 7.11. The summed E-state index contributed by atoms with van der Waals surface area (Å²) in [5.74, 6) is 1.49. The van der Waals surface area contributed by atoms with Crippen LogP contribution in [0.3, 0.4) is 0 Å². The second-order valence-corrected chi connectivity index (χ2v) is 10.6. The van der Waals surface area contributed by atoms with E-state index in [0.29, 0.717) is 0 Å². The van der Waals surface area contributed by atoms with Gasteiger partial charge < -0.3 is 19.3 Å². The van der Waals surface area contributed by atoms with Crippen molar-refractivity contribution < 1.29 is 9.47 Å². The van der Waals surface area contributed by atoms with Crippen LogP contribution in [0.5, 0.6) is 11.5 Å². The predicted octanol–water partition coefficient (Wildman–Crippen LogP) is 4.85. The van der Waals surface area contributed by atoms with Gasteiger partial charge in [0.1, 0.15) is 0 Å². The summed E-state index contributed by atoms with van der Waals surface area (Å²) in [7, 11) is 5.57. The standard InChI is InChI=1S/C28H39ClN6O2.3ClH/c1-21-23(29)6-5-7-25(21)34-15-12-32(13-16-34)14-17-35-26-19-28(37-4)27(36-3)18-22(26)24(30-35)20-33-10-8-31(2)9-11-33;;;/h5-7,18-19H,8-17,20H2,1-4H3;3*1H. The van der Waals surface area contributed by atoms with Gasteiger partial charge in [-0.2, -0.15) is 5.10 Å². The lowest BCUT2D eigenvalue weighted by molar-refractivity contribution is 0.147. The highest BCUT2D eigenvalue weighted by Crippen LogP contribution is 2.34. The van der Waals surface area contributed by atoms with Gasteiger partial charge in [-0.3, -0.25) is 14.5 Å². The number of nitrogens with zero attached hydrogens (tertiary/aromatic N) is 6. The molecule has 0 bridgehead atoms. The zero-order valence-corrected chi connectivity index (χ0v) is 27.0. The van der Waals surface area contributed by atoms with Crippen molar-refractivity contribution in [2.24, 2.45) is 0 Å². The molecular formula is C28H42Cl4N6O2. The highest BCUT2D eigenvalue weighted by molar-refractivity contribution is 6.31. The molecule has 3 heterocycles. The number of hydrogen-bond donors (Lipinski definition) is 0. The zero-order valence-electron chi connectivity index (χ0n) is 23.8. The molecule has 12 heteroatoms. The number of hydrogen-bond acceptors (Lipinski definition) is 7. The molecule has 0 atom stereocenters. The molecule has 0 aliphatic carbocycles. The lowest BCUT2D eigenvalue weighted by Gasteiger charge is -2.37. The van der Waals surface area contributed by atoms with E-state index in [4.69, 9.17) is 26.2 Å². The van der Waals surface area contributed by atoms with E-state index in [9.17, 15) is 0 Å². The van der Waals surface area contributed by atoms with Crippen LogP contribution in [0.25, 0.3) is 10.9 Å². The van der Waals surface area contributed by atoms with E-state index in [2.05, 4.69) is 56.5 Å². The highest BCUT2D eigenvalue weighted by Gasteiger charge is 2.22. The molecule has 0 unspecified atom stereocenters. The van der Waals surface area contributed by atoms with Gasteiger partial charge >= 0.3 is 0 Å². The van der Waals surface area contributed by atoms with Crippen molar-refractivity contribution in [2.45, 2.75) is 20.0 Å². The molecule has 8 nitrogen and oxygen atoms in total. The molecule has 2 aromatic carbocycles. The lowest BCUT2D eigenvalue weighted by atomic mass is 10.1. The molecule has 1 aromatic heterocycles. The maximum absolute atomic E-state index is 6.37. The third-order valence-electron chi connectivity index (χ3n) is 7.88. The van der Waals surface area contributed by atoms with E-state index in [1.165, 1.54) is 5.69 Å². The Labute approximate surface area is 261 Å². The summed E-state index contributed by atoms with van der Waals surface area (Å²) in [5.41, 5.74) is 4.63. The van der Waals surface area contributed by atoms with E-state index in [1.807, 2.05) is 12.1 Å². The molecule has 0 radical (unpaired) electrons. The Morgan fingerprint density at radius 3 is 2.10 bits per heavy atom. The Kier molecular flexibility index (Phi) is 13.4. The van der Waals surface area contributed by atoms with Gasteiger partial charge in [0.25, 0.3) is 0 Å². The van der Waals surface area contributed by atoms with Crippen molar-refractivity contribution in [2.75, 3.05) is 85.1 Å². The summed E-state index contributed by atoms with van der Waals surface area (Å²) in [4.78, 5) is 9.87. The van der Waals surface area contributed by atoms with Crippen molar-refractivity contribution >= 4 is 65.4 Å². The largest absolute Gasteiger partial charge is 0.493 e. The molecule has 5 rings (SSSR count). The quantitative estimate of drug-likeness (QED) is 0.351. The van der Waals surface area contributed by atoms with Crippen molar-refractivity contribution in [3.05, 3.63) is 46.6 Å². The maximum atomic E-state index is 6.37. The van der Waals surface area contributed by atoms with Crippen LogP contribution in [0, 0.1) is 6.92 Å². The van der Waals surface area contributed by atoms with E-state index in [1.54, 1.807) is 14.2 Å². The first-order valence-electron chi connectivity index (χ1n) is 13.2. The molecule has 0 amide bonds. The Balaban J connectivity index is 0.00000187. The van der Waals surface area contributed by atoms with Gasteiger partial charge in [-0.05, 0) is 37.7 Å². The minimum atomic E-state index is 0. The van der Waals surface area contributed by atoms with Gasteiger partial charge in [-0.1, -0.05) is 17.7 Å². The van der Waals surface area contributed by atoms with Crippen LogP contribution in [0.4, 0.5) is 5.69 Å². The van der Waals surface area contributed by atoms with Gasteiger partial charge in [0.15, 0.2) is 11.5 Å². The summed E-state index contributed by atoms with van der Waals surface area (Å²) in [6, 6.07) is 10.4. The summed E-state index contributed by atoms with van der Waals surface area (Å²) in [6.07, 6.45) is 0. The number of rotatable bonds is 8. The van der Waals surface area contributed by atoms with Gasteiger partial charge in [-0.15, -0.1) is 37.2 Å². The Hall–Kier alpha value is -1.65. The summed E-state index contributed by atoms with van der Waals surface area (Å²) in [6.45, 7) is 13.1. The molecule has 2 saturated heterocycles. The maximum Gasteiger partial charge on any atom is 0.162 e. The first-order valence-corrected chi connectivity index (χ1v) is 13.6. The Bertz CT molecular complexity index is 1230. The first kappa shape index (κ1) is 34.6. The van der Waals surface area contributed by atoms with Crippen molar-refractivity contribution in [3.63, 3.8) is 0 Å². The molecule has 3 aromatic rings. The number of aromatic nitrogens is 2. The van der Waals surface area contributed by atoms with E-state index in [0.717, 1.165) is 111 Å². The molecule has 2 aliphatic rings. The number of fused-ring (bicyclic) bond motifs is 1. The third kappa shape index (κ3) is 7.59. The highest BCUT2D eigenvalue weighted by atomic mass is 35.5. The fourth-order valence-electron chi connectivity index (χ4n) is 5.46. The molecule has 0 spiro atoms. The molecule has 40 heavy (non-hydrogen) atoms. The van der Waals surface area contributed by atoms with Crippen LogP contribution in [0.2, 0.25) is 5.02 Å². The lowest BCUT2D eigenvalue weighted by Crippen LogP contribution is -2.47. The van der Waals surface area contributed by atoms with Gasteiger partial charge in [0.05, 0.1) is 32.0 Å². The van der Waals surface area contributed by atoms with Crippen LogP contribution >= 0.6 is 48.8 Å². The molecule has 0 saturated carbocycles. The van der Waals surface area contributed by atoms with Crippen LogP contribution in [0.15, 0.2) is 30.3 Å². The predicted molar refractivity (Wildman–Crippen MR) is 172 cm³/mol. The first-order chi connectivity index (χ1) is 18.0. The Morgan fingerprint density at radius 1 is 0.825 bits per heavy atom. The van der Waals surface area contributed by atoms with Gasteiger partial charge in [0, 0.05) is 87.6 Å². The average Bonchev–Trinajstić information content (AvgIpc) is 3.25. The van der Waals surface area contributed by atoms with Crippen molar-refractivity contribution in [1.29, 1.82) is 0 Å². The molecule has 2 aliphatic heterocycles. The SMILES string of the molecule is COc1cc2c(CN3CCN(C)CC3)nn(CCN3CCN(c4cccc(Cl)c4C)CC3)c2cc1OC.Cl.Cl.Cl. The zero-order chi connectivity index (χ0) is 25.9. The number of ether oxygens (including phenoxy) is 2. The van der Waals surface area contributed by atoms with E-state index in [-0.39, 0.29) is 37.2 Å². The van der Waals surface area contributed by atoms with E-state index < -0.39 is 0 Å². The number of anilines is 1. The fourth-order valence-corrected chi connectivity index (χ4v) is 5.63. The number of methoxy groups -OCH3 is 2. The number of halogens is 4. The second-order valence-electron chi connectivity index (χ2n) is 10.2. The molecule has 2 fully saturated rings. The molecular weight excluding hydrogens is 594 g/mol. The minimum absolute atomic E-state index is 0. The number of likely N-dealkylation sites (N-methyl/N-ethyl adjacent to an activating group) is 1. The van der Waals surface area contributed by atoms with Crippen LogP contribution in [-0.4, -0.2) is 105 Å². The number of benzene rings is 2. The summed E-state index contributed by atoms with van der Waals surface area (Å²) >= 11 is 6.37. The summed E-state index contributed by atoms with van der Waals surface area (Å²) < 4.78 is 13.4. The minimum Gasteiger partial charge on any atom is -0.493 e. The number of piperazine rings is 2. The van der Waals surface area contributed by atoms with Crippen LogP contribution in [-0.2, 0) is 13.1 Å². The second kappa shape index (κ2) is 15.5. The molecule has 224 valence electrons. The van der Waals surface area contributed by atoms with Gasteiger partial charge in [-0.25, -0.2) is 0 Å². The fraction of sp³-hybridized carbons (Fsp3) is 0.536. The van der Waals surface area contributed by atoms with Crippen LogP contribution in [0.1, 0.15) is 11.3 Å². The monoisotopic (exact) mass is 634 g/mol. The third-order valence-corrected chi connectivity index (χ3v) is 8.29. The van der Waals surface area contributed by atoms with Crippen molar-refractivity contribution in [3.8, 4) is 11.5 Å².